The third-order valence-corrected chi connectivity index (χ3v) is 9.49. The molecule has 7 nitrogen and oxygen atoms in total. The Kier molecular flexibility index (Phi) is 11.8. The van der Waals surface area contributed by atoms with E-state index in [1.165, 1.54) is 0 Å². The van der Waals surface area contributed by atoms with Gasteiger partial charge in [0.05, 0.1) is 23.6 Å². The Morgan fingerprint density at radius 3 is 1.37 bits per heavy atom. The zero-order chi connectivity index (χ0) is 38.7. The van der Waals surface area contributed by atoms with Crippen LogP contribution < -0.4 is 18.9 Å². The molecule has 1 unspecified atom stereocenters. The lowest BCUT2D eigenvalue weighted by Crippen LogP contribution is -2.36. The van der Waals surface area contributed by atoms with Gasteiger partial charge in [-0.25, -0.2) is 4.99 Å². The van der Waals surface area contributed by atoms with Crippen LogP contribution in [-0.2, 0) is 37.8 Å². The molecule has 7 heteroatoms. The highest BCUT2D eigenvalue weighted by Crippen LogP contribution is 2.41. The maximum Gasteiger partial charge on any atom is 0.203 e. The molecule has 0 saturated heterocycles. The lowest BCUT2D eigenvalue weighted by atomic mass is 9.92. The van der Waals surface area contributed by atoms with Gasteiger partial charge in [0.2, 0.25) is 5.78 Å². The largest absolute Gasteiger partial charge is 0.489 e. The van der Waals surface area contributed by atoms with E-state index in [0.29, 0.717) is 65.3 Å². The van der Waals surface area contributed by atoms with Gasteiger partial charge in [0.25, 0.3) is 0 Å². The molecular weight excluding hydrogens is 711 g/mol. The first-order valence-electron chi connectivity index (χ1n) is 18.9. The number of aliphatic imine (C=N–C) groups is 1. The van der Waals surface area contributed by atoms with Crippen LogP contribution in [0, 0.1) is 0 Å². The van der Waals surface area contributed by atoms with Crippen molar-refractivity contribution in [2.75, 3.05) is 0 Å². The van der Waals surface area contributed by atoms with Crippen LogP contribution >= 0.6 is 0 Å². The molecular formula is C50H41NO6. The van der Waals surface area contributed by atoms with Gasteiger partial charge in [0.15, 0.2) is 17.6 Å². The fraction of sp³-hybridized carbons (Fsp3) is 0.120. The predicted molar refractivity (Wildman–Crippen MR) is 222 cm³/mol. The Bertz CT molecular complexity index is 2420. The molecule has 0 saturated carbocycles. The molecule has 0 bridgehead atoms. The zero-order valence-corrected chi connectivity index (χ0v) is 31.3. The van der Waals surface area contributed by atoms with E-state index in [0.717, 1.165) is 27.8 Å². The number of Topliss-reactive ketones (excluding diaryl/α,β-unsaturated/α-hetero) is 1. The summed E-state index contributed by atoms with van der Waals surface area (Å²) in [5, 5.41) is 0. The molecule has 1 atom stereocenters. The van der Waals surface area contributed by atoms with Crippen LogP contribution in [0.3, 0.4) is 0 Å². The highest BCUT2D eigenvalue weighted by atomic mass is 16.5. The summed E-state index contributed by atoms with van der Waals surface area (Å²) in [6.07, 6.45) is -1.05. The zero-order valence-electron chi connectivity index (χ0n) is 31.3. The second-order valence-electron chi connectivity index (χ2n) is 13.6. The van der Waals surface area contributed by atoms with Gasteiger partial charge in [-0.15, -0.1) is 0 Å². The van der Waals surface area contributed by atoms with E-state index in [1.54, 1.807) is 12.1 Å². The first-order chi connectivity index (χ1) is 28.2. The van der Waals surface area contributed by atoms with Crippen molar-refractivity contribution in [2.24, 2.45) is 4.99 Å². The average Bonchev–Trinajstić information content (AvgIpc) is 3.27. The molecule has 0 spiro atoms. The van der Waals surface area contributed by atoms with Crippen LogP contribution in [0.1, 0.15) is 43.7 Å². The average molecular weight is 752 g/mol. The summed E-state index contributed by atoms with van der Waals surface area (Å²) in [5.74, 6) is 1.71. The number of hydrogen-bond donors (Lipinski definition) is 0. The lowest BCUT2D eigenvalue weighted by molar-refractivity contribution is 0.0564. The van der Waals surface area contributed by atoms with Crippen molar-refractivity contribution in [1.29, 1.82) is 0 Å². The molecule has 0 aromatic heterocycles. The molecule has 1 heterocycles. The molecule has 0 aliphatic carbocycles. The van der Waals surface area contributed by atoms with Crippen molar-refractivity contribution in [1.82, 2.24) is 0 Å². The second kappa shape index (κ2) is 18.1. The Balaban J connectivity index is 1.19. The third-order valence-electron chi connectivity index (χ3n) is 9.49. The number of carbonyl (C=O) groups is 1. The maximum atomic E-state index is 14.9. The van der Waals surface area contributed by atoms with Crippen molar-refractivity contribution >= 4 is 17.2 Å². The molecule has 1 aliphatic heterocycles. The van der Waals surface area contributed by atoms with Gasteiger partial charge in [0, 0.05) is 17.7 Å². The molecule has 0 radical (unpaired) electrons. The predicted octanol–water partition coefficient (Wildman–Crippen LogP) is 10.9. The van der Waals surface area contributed by atoms with Crippen molar-refractivity contribution in [3.63, 3.8) is 0 Å². The van der Waals surface area contributed by atoms with Crippen molar-refractivity contribution in [3.8, 4) is 23.0 Å². The molecule has 7 aromatic rings. The van der Waals surface area contributed by atoms with Crippen LogP contribution in [-0.4, -0.2) is 17.6 Å². The Morgan fingerprint density at radius 1 is 0.421 bits per heavy atom. The Labute approximate surface area is 332 Å². The minimum atomic E-state index is -1.05. The smallest absolute Gasteiger partial charge is 0.203 e. The minimum Gasteiger partial charge on any atom is -0.489 e. The number of nitrogens with zero attached hydrogens (tertiary/aromatic N) is 1. The van der Waals surface area contributed by atoms with Crippen molar-refractivity contribution in [2.45, 2.75) is 39.1 Å². The Hall–Kier alpha value is -6.96. The van der Waals surface area contributed by atoms with E-state index in [-0.39, 0.29) is 19.0 Å². The quantitative estimate of drug-likeness (QED) is 0.0979. The van der Waals surface area contributed by atoms with E-state index in [4.69, 9.17) is 28.7 Å². The molecule has 1 aliphatic rings. The van der Waals surface area contributed by atoms with Gasteiger partial charge in [0.1, 0.15) is 37.9 Å². The monoisotopic (exact) mass is 751 g/mol. The van der Waals surface area contributed by atoms with Gasteiger partial charge in [-0.2, -0.15) is 0 Å². The number of rotatable bonds is 16. The minimum absolute atomic E-state index is 0.194. The van der Waals surface area contributed by atoms with Crippen LogP contribution in [0.25, 0.3) is 0 Å². The van der Waals surface area contributed by atoms with Gasteiger partial charge in [-0.3, -0.25) is 4.79 Å². The lowest BCUT2D eigenvalue weighted by Gasteiger charge is -2.27. The molecule has 57 heavy (non-hydrogen) atoms. The first-order valence-corrected chi connectivity index (χ1v) is 18.9. The van der Waals surface area contributed by atoms with Gasteiger partial charge in [-0.05, 0) is 46.0 Å². The van der Waals surface area contributed by atoms with Crippen LogP contribution in [0.15, 0.2) is 187 Å². The standard InChI is InChI=1S/C50H41NO6/c52-49-47-43(29-42(53-31-36-16-6-1-7-17-36)30-46(47)56-34-39-22-12-4-13-23-39)51-48(50(49)57-35-40-24-14-5-15-25-40)41-26-27-44(54-32-37-18-8-2-9-19-37)45(28-41)55-33-38-20-10-3-11-21-38/h1-30,50H,31-35H2. The summed E-state index contributed by atoms with van der Waals surface area (Å²) in [5.41, 5.74) is 6.80. The van der Waals surface area contributed by atoms with E-state index in [2.05, 4.69) is 0 Å². The fourth-order valence-electron chi connectivity index (χ4n) is 6.52. The molecule has 0 N–H and O–H groups in total. The van der Waals surface area contributed by atoms with Gasteiger partial charge in [-0.1, -0.05) is 152 Å². The number of ether oxygens (including phenoxy) is 5. The maximum absolute atomic E-state index is 14.9. The number of ketones is 1. The van der Waals surface area contributed by atoms with Crippen LogP contribution in [0.4, 0.5) is 5.69 Å². The molecule has 0 fully saturated rings. The highest BCUT2D eigenvalue weighted by Gasteiger charge is 2.37. The van der Waals surface area contributed by atoms with Crippen LogP contribution in [0.2, 0.25) is 0 Å². The summed E-state index contributed by atoms with van der Waals surface area (Å²) in [4.78, 5) is 20.1. The van der Waals surface area contributed by atoms with Gasteiger partial charge < -0.3 is 23.7 Å². The van der Waals surface area contributed by atoms with E-state index in [1.807, 2.05) is 170 Å². The topological polar surface area (TPSA) is 75.6 Å². The fourth-order valence-corrected chi connectivity index (χ4v) is 6.52. The summed E-state index contributed by atoms with van der Waals surface area (Å²) in [7, 11) is 0. The summed E-state index contributed by atoms with van der Waals surface area (Å²) in [6.45, 7) is 1.45. The first kappa shape index (κ1) is 37.0. The SMILES string of the molecule is O=C1c2c(cc(OCc3ccccc3)cc2OCc2ccccc2)N=C(c2ccc(OCc3ccccc3)c(OCc3ccccc3)c2)C1OCc1ccccc1. The Morgan fingerprint density at radius 2 is 0.860 bits per heavy atom. The molecule has 8 rings (SSSR count). The van der Waals surface area contributed by atoms with Crippen LogP contribution in [0.5, 0.6) is 23.0 Å². The van der Waals surface area contributed by atoms with Crippen molar-refractivity contribution in [3.05, 3.63) is 221 Å². The normalized spacial score (nSPS) is 13.3. The second-order valence-corrected chi connectivity index (χ2v) is 13.6. The molecule has 0 amide bonds. The molecule has 282 valence electrons. The summed E-state index contributed by atoms with van der Waals surface area (Å²) < 4.78 is 32.0. The number of fused-ring (bicyclic) bond motifs is 1. The highest BCUT2D eigenvalue weighted by molar-refractivity contribution is 6.26. The van der Waals surface area contributed by atoms with E-state index >= 15 is 0 Å². The van der Waals surface area contributed by atoms with E-state index in [9.17, 15) is 4.79 Å². The number of carbonyl (C=O) groups excluding carboxylic acids is 1. The third kappa shape index (κ3) is 9.47. The summed E-state index contributed by atoms with van der Waals surface area (Å²) >= 11 is 0. The number of hydrogen-bond acceptors (Lipinski definition) is 7. The summed E-state index contributed by atoms with van der Waals surface area (Å²) in [6, 6.07) is 58.7. The number of benzene rings is 7. The van der Waals surface area contributed by atoms with Crippen molar-refractivity contribution < 1.29 is 28.5 Å². The van der Waals surface area contributed by atoms with E-state index < -0.39 is 6.10 Å². The molecule has 7 aromatic carbocycles. The van der Waals surface area contributed by atoms with Gasteiger partial charge >= 0.3 is 0 Å².